The van der Waals surface area contributed by atoms with Crippen LogP contribution in [0.5, 0.6) is 0 Å². The van der Waals surface area contributed by atoms with E-state index in [-0.39, 0.29) is 12.5 Å². The molecule has 144 valence electrons. The minimum Gasteiger partial charge on any atom is -0.449 e. The van der Waals surface area contributed by atoms with Crippen LogP contribution < -0.4 is 5.32 Å². The summed E-state index contributed by atoms with van der Waals surface area (Å²) in [6.07, 6.45) is -0.458. The van der Waals surface area contributed by atoms with Gasteiger partial charge in [0.15, 0.2) is 0 Å². The Labute approximate surface area is 171 Å². The highest BCUT2D eigenvalue weighted by Crippen LogP contribution is 2.44. The topological polar surface area (TPSA) is 51.2 Å². The number of nitrogens with zero attached hydrogens (tertiary/aromatic N) is 1. The molecule has 0 saturated heterocycles. The van der Waals surface area contributed by atoms with Gasteiger partial charge in [0.2, 0.25) is 0 Å². The number of aryl methyl sites for hydroxylation is 2. The minimum absolute atomic E-state index is 0.0560. The van der Waals surface area contributed by atoms with E-state index in [0.29, 0.717) is 6.61 Å². The van der Waals surface area contributed by atoms with E-state index in [4.69, 9.17) is 4.74 Å². The highest BCUT2D eigenvalue weighted by molar-refractivity contribution is 5.79. The maximum atomic E-state index is 12.1. The van der Waals surface area contributed by atoms with Crippen molar-refractivity contribution in [2.24, 2.45) is 0 Å². The second-order valence-corrected chi connectivity index (χ2v) is 7.07. The monoisotopic (exact) mass is 382 g/mol. The number of hydrogen-bond acceptors (Lipinski definition) is 3. The van der Waals surface area contributed by atoms with Crippen LogP contribution in [0.15, 0.2) is 60.7 Å². The predicted molar refractivity (Wildman–Crippen MR) is 114 cm³/mol. The molecule has 4 nitrogen and oxygen atoms in total. The number of fused-ring (bicyclic) bond motifs is 3. The van der Waals surface area contributed by atoms with Gasteiger partial charge in [-0.05, 0) is 48.2 Å². The zero-order valence-corrected chi connectivity index (χ0v) is 16.5. The first-order chi connectivity index (χ1) is 14.1. The van der Waals surface area contributed by atoms with Gasteiger partial charge >= 0.3 is 6.09 Å². The summed E-state index contributed by atoms with van der Waals surface area (Å²) in [5.41, 5.74) is 7.54. The fourth-order valence-electron chi connectivity index (χ4n) is 3.72. The van der Waals surface area contributed by atoms with Crippen LogP contribution in [0.4, 0.5) is 4.79 Å². The van der Waals surface area contributed by atoms with Gasteiger partial charge in [0.05, 0.1) is 12.2 Å². The summed E-state index contributed by atoms with van der Waals surface area (Å²) in [5, 5.41) is 2.70. The van der Waals surface area contributed by atoms with Gasteiger partial charge in [0.1, 0.15) is 6.61 Å². The Kier molecular flexibility index (Phi) is 5.31. The summed E-state index contributed by atoms with van der Waals surface area (Å²) < 4.78 is 5.50. The fourth-order valence-corrected chi connectivity index (χ4v) is 3.72. The van der Waals surface area contributed by atoms with Crippen molar-refractivity contribution in [2.45, 2.75) is 19.8 Å². The molecule has 2 aromatic carbocycles. The molecule has 0 atom stereocenters. The van der Waals surface area contributed by atoms with E-state index in [1.165, 1.54) is 22.3 Å². The van der Waals surface area contributed by atoms with Crippen molar-refractivity contribution in [3.8, 4) is 23.0 Å². The molecule has 0 bridgehead atoms. The van der Waals surface area contributed by atoms with Gasteiger partial charge in [-0.1, -0.05) is 60.4 Å². The summed E-state index contributed by atoms with van der Waals surface area (Å²) in [5.74, 6) is 6.04. The molecule has 1 N–H and O–H groups in total. The molecule has 4 heteroatoms. The number of aromatic nitrogens is 1. The Morgan fingerprint density at radius 3 is 2.31 bits per heavy atom. The van der Waals surface area contributed by atoms with Gasteiger partial charge in [-0.15, -0.1) is 0 Å². The highest BCUT2D eigenvalue weighted by atomic mass is 16.5. The smallest absolute Gasteiger partial charge is 0.407 e. The van der Waals surface area contributed by atoms with Gasteiger partial charge in [0.25, 0.3) is 0 Å². The van der Waals surface area contributed by atoms with Crippen LogP contribution >= 0.6 is 0 Å². The lowest BCUT2D eigenvalue weighted by atomic mass is 9.98. The number of carbonyl (C=O) groups excluding carboxylic acids is 1. The summed E-state index contributed by atoms with van der Waals surface area (Å²) in [6.45, 7) is 4.40. The van der Waals surface area contributed by atoms with Crippen LogP contribution in [0.1, 0.15) is 34.0 Å². The summed E-state index contributed by atoms with van der Waals surface area (Å²) in [7, 11) is 0. The first-order valence-corrected chi connectivity index (χ1v) is 9.65. The predicted octanol–water partition coefficient (Wildman–Crippen LogP) is 4.59. The van der Waals surface area contributed by atoms with Gasteiger partial charge in [-0.3, -0.25) is 4.98 Å². The summed E-state index contributed by atoms with van der Waals surface area (Å²) in [4.78, 5) is 16.5. The zero-order valence-electron chi connectivity index (χ0n) is 16.5. The molecule has 1 aliphatic carbocycles. The van der Waals surface area contributed by atoms with E-state index in [1.807, 2.05) is 50.2 Å². The van der Waals surface area contributed by atoms with Crippen LogP contribution in [0.25, 0.3) is 11.1 Å². The van der Waals surface area contributed by atoms with Gasteiger partial charge < -0.3 is 10.1 Å². The second kappa shape index (κ2) is 8.20. The van der Waals surface area contributed by atoms with E-state index in [1.54, 1.807) is 0 Å². The van der Waals surface area contributed by atoms with Crippen molar-refractivity contribution < 1.29 is 9.53 Å². The normalized spacial score (nSPS) is 11.8. The van der Waals surface area contributed by atoms with E-state index in [0.717, 1.165) is 17.0 Å². The lowest BCUT2D eigenvalue weighted by Gasteiger charge is -2.14. The molecule has 0 aliphatic heterocycles. The lowest BCUT2D eigenvalue weighted by Crippen LogP contribution is -2.26. The molecule has 4 rings (SSSR count). The van der Waals surface area contributed by atoms with E-state index < -0.39 is 6.09 Å². The number of nitrogens with one attached hydrogen (secondary N) is 1. The first-order valence-electron chi connectivity index (χ1n) is 9.65. The SMILES string of the molecule is Cc1ccc(C#CCNC(=O)OCC2c3ccccc3-c3ccccc32)c(C)n1. The van der Waals surface area contributed by atoms with Crippen molar-refractivity contribution >= 4 is 6.09 Å². The molecule has 1 aliphatic rings. The molecular weight excluding hydrogens is 360 g/mol. The van der Waals surface area contributed by atoms with Crippen LogP contribution in [0.3, 0.4) is 0 Å². The third kappa shape index (κ3) is 4.00. The van der Waals surface area contributed by atoms with Crippen molar-refractivity contribution in [3.63, 3.8) is 0 Å². The van der Waals surface area contributed by atoms with Crippen LogP contribution in [-0.2, 0) is 4.74 Å². The minimum atomic E-state index is -0.458. The van der Waals surface area contributed by atoms with Gasteiger partial charge in [-0.2, -0.15) is 0 Å². The van der Waals surface area contributed by atoms with Crippen molar-refractivity contribution in [2.75, 3.05) is 13.2 Å². The molecule has 0 spiro atoms. The largest absolute Gasteiger partial charge is 0.449 e. The lowest BCUT2D eigenvalue weighted by molar-refractivity contribution is 0.144. The number of alkyl carbamates (subject to hydrolysis) is 1. The number of amides is 1. The molecule has 1 aromatic heterocycles. The molecule has 1 amide bonds. The Morgan fingerprint density at radius 1 is 1.00 bits per heavy atom. The average Bonchev–Trinajstić information content (AvgIpc) is 3.05. The Morgan fingerprint density at radius 2 is 1.66 bits per heavy atom. The molecule has 0 radical (unpaired) electrons. The molecule has 29 heavy (non-hydrogen) atoms. The Hall–Kier alpha value is -3.58. The van der Waals surface area contributed by atoms with E-state index >= 15 is 0 Å². The molecule has 3 aromatic rings. The number of carbonyl (C=O) groups is 1. The number of rotatable bonds is 3. The third-order valence-electron chi connectivity index (χ3n) is 5.11. The Bertz CT molecular complexity index is 1080. The molecular formula is C25H22N2O2. The third-order valence-corrected chi connectivity index (χ3v) is 5.11. The van der Waals surface area contributed by atoms with Gasteiger partial charge in [-0.25, -0.2) is 4.79 Å². The summed E-state index contributed by atoms with van der Waals surface area (Å²) in [6, 6.07) is 20.4. The fraction of sp³-hybridized carbons (Fsp3) is 0.200. The molecule has 0 unspecified atom stereocenters. The van der Waals surface area contributed by atoms with Crippen molar-refractivity contribution in [3.05, 3.63) is 88.7 Å². The maximum Gasteiger partial charge on any atom is 0.407 e. The van der Waals surface area contributed by atoms with E-state index in [2.05, 4.69) is 46.4 Å². The average molecular weight is 382 g/mol. The van der Waals surface area contributed by atoms with Crippen LogP contribution in [-0.4, -0.2) is 24.2 Å². The van der Waals surface area contributed by atoms with Gasteiger partial charge in [0, 0.05) is 17.2 Å². The summed E-state index contributed by atoms with van der Waals surface area (Å²) >= 11 is 0. The van der Waals surface area contributed by atoms with Crippen LogP contribution in [0.2, 0.25) is 0 Å². The molecule has 1 heterocycles. The molecule has 0 saturated carbocycles. The number of ether oxygens (including phenoxy) is 1. The standard InChI is InChI=1S/C25H22N2O2/c1-17-13-14-19(18(2)27-17)8-7-15-26-25(28)29-16-24-22-11-5-3-9-20(22)21-10-4-6-12-23(21)24/h3-6,9-14,24H,15-16H2,1-2H3,(H,26,28). The van der Waals surface area contributed by atoms with E-state index in [9.17, 15) is 4.79 Å². The quantitative estimate of drug-likeness (QED) is 0.674. The zero-order chi connectivity index (χ0) is 20.2. The number of pyridine rings is 1. The Balaban J connectivity index is 1.35. The number of benzene rings is 2. The first kappa shape index (κ1) is 18.8. The number of hydrogen-bond donors (Lipinski definition) is 1. The molecule has 0 fully saturated rings. The highest BCUT2D eigenvalue weighted by Gasteiger charge is 2.28. The van der Waals surface area contributed by atoms with Crippen molar-refractivity contribution in [1.29, 1.82) is 0 Å². The van der Waals surface area contributed by atoms with Crippen molar-refractivity contribution in [1.82, 2.24) is 10.3 Å². The van der Waals surface area contributed by atoms with Crippen LogP contribution in [0, 0.1) is 25.7 Å². The maximum absolute atomic E-state index is 12.1. The second-order valence-electron chi connectivity index (χ2n) is 7.07.